The van der Waals surface area contributed by atoms with Crippen molar-refractivity contribution >= 4 is 45.8 Å². The summed E-state index contributed by atoms with van der Waals surface area (Å²) in [6, 6.07) is 14.9. The van der Waals surface area contributed by atoms with Crippen molar-refractivity contribution in [2.24, 2.45) is 4.99 Å². The summed E-state index contributed by atoms with van der Waals surface area (Å²) >= 11 is 2.31. The number of rotatable bonds is 3. The Balaban J connectivity index is 1.96. The molecule has 0 unspecified atom stereocenters. The third kappa shape index (κ3) is 3.41. The second kappa shape index (κ2) is 6.71. The van der Waals surface area contributed by atoms with Crippen LogP contribution >= 0.6 is 22.6 Å². The Bertz CT molecular complexity index is 818. The van der Waals surface area contributed by atoms with Crippen molar-refractivity contribution in [1.29, 1.82) is 0 Å². The van der Waals surface area contributed by atoms with Crippen LogP contribution in [-0.2, 0) is 0 Å². The van der Waals surface area contributed by atoms with Gasteiger partial charge in [-0.2, -0.15) is 0 Å². The zero-order valence-corrected chi connectivity index (χ0v) is 16.8. The molecule has 0 spiro atoms. The van der Waals surface area contributed by atoms with E-state index in [-0.39, 0.29) is 5.54 Å². The van der Waals surface area contributed by atoms with Crippen molar-refractivity contribution in [2.75, 3.05) is 11.4 Å². The maximum Gasteiger partial charge on any atom is 0.0640 e. The molecule has 1 aliphatic rings. The van der Waals surface area contributed by atoms with Gasteiger partial charge in [-0.15, -0.1) is 0 Å². The van der Waals surface area contributed by atoms with E-state index in [0.717, 1.165) is 17.8 Å². The van der Waals surface area contributed by atoms with E-state index < -0.39 is 0 Å². The van der Waals surface area contributed by atoms with Gasteiger partial charge in [-0.3, -0.25) is 4.99 Å². The van der Waals surface area contributed by atoms with Crippen LogP contribution in [-0.4, -0.2) is 18.3 Å². The molecule has 0 aliphatic carbocycles. The number of hydrogen-bond acceptors (Lipinski definition) is 2. The number of likely N-dealkylation sites (N-methyl/N-ethyl adjacent to an activating group) is 1. The second-order valence-electron chi connectivity index (χ2n) is 6.74. The molecule has 0 radical (unpaired) electrons. The Kier molecular flexibility index (Phi) is 4.81. The maximum absolute atomic E-state index is 4.62. The number of halogens is 1. The summed E-state index contributed by atoms with van der Waals surface area (Å²) in [4.78, 5) is 7.07. The molecular weight excluding hydrogens is 407 g/mol. The number of anilines is 1. The highest BCUT2D eigenvalue weighted by atomic mass is 127. The fourth-order valence-corrected chi connectivity index (χ4v) is 3.99. The van der Waals surface area contributed by atoms with Gasteiger partial charge >= 0.3 is 0 Å². The molecule has 0 saturated carbocycles. The quantitative estimate of drug-likeness (QED) is 0.427. The zero-order chi connectivity index (χ0) is 17.3. The molecule has 3 heteroatoms. The zero-order valence-electron chi connectivity index (χ0n) is 14.7. The number of nitrogens with zero attached hydrogens (tertiary/aromatic N) is 2. The highest BCUT2D eigenvalue weighted by Crippen LogP contribution is 2.38. The maximum atomic E-state index is 4.62. The van der Waals surface area contributed by atoms with E-state index in [1.54, 1.807) is 0 Å². The van der Waals surface area contributed by atoms with Crippen molar-refractivity contribution in [1.82, 2.24) is 0 Å². The van der Waals surface area contributed by atoms with Crippen molar-refractivity contribution < 1.29 is 0 Å². The molecule has 3 rings (SSSR count). The Morgan fingerprint density at radius 1 is 1.17 bits per heavy atom. The van der Waals surface area contributed by atoms with E-state index in [9.17, 15) is 0 Å². The fraction of sp³-hybridized carbons (Fsp3) is 0.286. The lowest BCUT2D eigenvalue weighted by Crippen LogP contribution is -2.44. The summed E-state index contributed by atoms with van der Waals surface area (Å²) in [6.07, 6.45) is 4.31. The number of allylic oxidation sites excluding steroid dienone is 1. The van der Waals surface area contributed by atoms with E-state index in [2.05, 4.69) is 96.6 Å². The number of aliphatic imine (C=N–C) groups is 1. The smallest absolute Gasteiger partial charge is 0.0640 e. The van der Waals surface area contributed by atoms with Gasteiger partial charge in [0.25, 0.3) is 0 Å². The van der Waals surface area contributed by atoms with E-state index in [4.69, 9.17) is 0 Å². The predicted octanol–water partition coefficient (Wildman–Crippen LogP) is 6.06. The summed E-state index contributed by atoms with van der Waals surface area (Å²) in [6.45, 7) is 9.96. The van der Waals surface area contributed by atoms with Gasteiger partial charge in [0.15, 0.2) is 0 Å². The minimum absolute atomic E-state index is 0.0577. The summed E-state index contributed by atoms with van der Waals surface area (Å²) < 4.78 is 1.20. The van der Waals surface area contributed by atoms with E-state index in [1.807, 2.05) is 18.3 Å². The highest BCUT2D eigenvalue weighted by Gasteiger charge is 2.29. The molecule has 0 saturated heterocycles. The van der Waals surface area contributed by atoms with Crippen LogP contribution in [0.2, 0.25) is 0 Å². The summed E-state index contributed by atoms with van der Waals surface area (Å²) in [5, 5.41) is 0. The number of fused-ring (bicyclic) bond motifs is 1. The van der Waals surface area contributed by atoms with Crippen LogP contribution < -0.4 is 4.90 Å². The third-order valence-corrected chi connectivity index (χ3v) is 5.16. The van der Waals surface area contributed by atoms with E-state index in [0.29, 0.717) is 0 Å². The van der Waals surface area contributed by atoms with Crippen molar-refractivity contribution in [2.45, 2.75) is 33.2 Å². The lowest BCUT2D eigenvalue weighted by molar-refractivity contribution is 0.566. The third-order valence-electron chi connectivity index (χ3n) is 4.49. The van der Waals surface area contributed by atoms with Crippen LogP contribution in [0.15, 0.2) is 53.5 Å². The van der Waals surface area contributed by atoms with Crippen LogP contribution in [0.1, 0.15) is 38.8 Å². The minimum atomic E-state index is 0.0577. The van der Waals surface area contributed by atoms with Gasteiger partial charge in [-0.1, -0.05) is 18.2 Å². The Morgan fingerprint density at radius 2 is 1.96 bits per heavy atom. The standard InChI is InChI=1S/C21H23IN2/c1-5-24-20-10-9-16(11-19(20)15(2)13-21(24,3)4)14-23-18-8-6-7-17(22)12-18/h6-14H,5H2,1-4H3. The van der Waals surface area contributed by atoms with Gasteiger partial charge in [0.2, 0.25) is 0 Å². The Labute approximate surface area is 158 Å². The first kappa shape index (κ1) is 17.2. The van der Waals surface area contributed by atoms with Crippen LogP contribution in [0.5, 0.6) is 0 Å². The largest absolute Gasteiger partial charge is 0.363 e. The molecule has 0 atom stereocenters. The van der Waals surface area contributed by atoms with Gasteiger partial charge in [-0.05, 0) is 91.8 Å². The van der Waals surface area contributed by atoms with E-state index >= 15 is 0 Å². The average Bonchev–Trinajstić information content (AvgIpc) is 2.53. The molecule has 1 aliphatic heterocycles. The topological polar surface area (TPSA) is 15.6 Å². The van der Waals surface area contributed by atoms with Gasteiger partial charge in [-0.25, -0.2) is 0 Å². The van der Waals surface area contributed by atoms with Gasteiger partial charge < -0.3 is 4.90 Å². The molecule has 0 aromatic heterocycles. The SMILES string of the molecule is CCN1c2ccc(C=Nc3cccc(I)c3)cc2C(C)=CC1(C)C. The molecule has 124 valence electrons. The molecule has 2 aromatic rings. The fourth-order valence-electron chi connectivity index (χ4n) is 3.46. The van der Waals surface area contributed by atoms with Gasteiger partial charge in [0.1, 0.15) is 0 Å². The molecule has 0 fully saturated rings. The molecule has 0 N–H and O–H groups in total. The predicted molar refractivity (Wildman–Crippen MR) is 114 cm³/mol. The first-order chi connectivity index (χ1) is 11.4. The molecule has 1 heterocycles. The molecule has 0 amide bonds. The van der Waals surface area contributed by atoms with Crippen LogP contribution in [0, 0.1) is 3.57 Å². The first-order valence-electron chi connectivity index (χ1n) is 8.32. The molecular formula is C21H23IN2. The first-order valence-corrected chi connectivity index (χ1v) is 9.40. The lowest BCUT2D eigenvalue weighted by Gasteiger charge is -2.42. The molecule has 2 aromatic carbocycles. The number of benzene rings is 2. The van der Waals surface area contributed by atoms with Crippen molar-refractivity contribution in [3.05, 3.63) is 63.2 Å². The van der Waals surface area contributed by atoms with Gasteiger partial charge in [0.05, 0.1) is 11.2 Å². The van der Waals surface area contributed by atoms with Crippen molar-refractivity contribution in [3.63, 3.8) is 0 Å². The highest BCUT2D eigenvalue weighted by molar-refractivity contribution is 14.1. The normalized spacial score (nSPS) is 16.2. The Morgan fingerprint density at radius 3 is 2.67 bits per heavy atom. The van der Waals surface area contributed by atoms with Crippen molar-refractivity contribution in [3.8, 4) is 0 Å². The van der Waals surface area contributed by atoms with Crippen LogP contribution in [0.4, 0.5) is 11.4 Å². The Hall–Kier alpha value is -1.62. The summed E-state index contributed by atoms with van der Waals surface area (Å²) in [5.74, 6) is 0. The molecule has 2 nitrogen and oxygen atoms in total. The minimum Gasteiger partial charge on any atom is -0.363 e. The van der Waals surface area contributed by atoms with Crippen LogP contribution in [0.3, 0.4) is 0 Å². The summed E-state index contributed by atoms with van der Waals surface area (Å²) in [5.41, 5.74) is 6.14. The lowest BCUT2D eigenvalue weighted by atomic mass is 9.88. The molecule has 24 heavy (non-hydrogen) atoms. The van der Waals surface area contributed by atoms with Gasteiger partial charge in [0, 0.05) is 27.6 Å². The summed E-state index contributed by atoms with van der Waals surface area (Å²) in [7, 11) is 0. The average molecular weight is 430 g/mol. The van der Waals surface area contributed by atoms with Crippen LogP contribution in [0.25, 0.3) is 5.57 Å². The van der Waals surface area contributed by atoms with E-state index in [1.165, 1.54) is 20.4 Å². The number of hydrogen-bond donors (Lipinski definition) is 0. The second-order valence-corrected chi connectivity index (χ2v) is 7.99. The molecule has 0 bridgehead atoms. The monoisotopic (exact) mass is 430 g/mol.